The Kier molecular flexibility index (Phi) is 4.25. The lowest BCUT2D eigenvalue weighted by atomic mass is 9.97. The summed E-state index contributed by atoms with van der Waals surface area (Å²) >= 11 is 0. The van der Waals surface area contributed by atoms with Crippen LogP contribution in [-0.4, -0.2) is 36.5 Å². The van der Waals surface area contributed by atoms with Gasteiger partial charge in [-0.25, -0.2) is 0 Å². The van der Waals surface area contributed by atoms with Gasteiger partial charge in [-0.15, -0.1) is 0 Å². The van der Waals surface area contributed by atoms with Crippen LogP contribution in [0.5, 0.6) is 0 Å². The Hall–Kier alpha value is -1.35. The Morgan fingerprint density at radius 2 is 1.95 bits per heavy atom. The van der Waals surface area contributed by atoms with Gasteiger partial charge in [0.2, 0.25) is 5.91 Å². The number of carbonyl (C=O) groups excluding carboxylic acids is 1. The van der Waals surface area contributed by atoms with Gasteiger partial charge in [-0.3, -0.25) is 4.79 Å². The summed E-state index contributed by atoms with van der Waals surface area (Å²) in [6.07, 6.45) is 0.532. The largest absolute Gasteiger partial charge is 0.340 e. The number of carbonyl (C=O) groups is 1. The van der Waals surface area contributed by atoms with Crippen LogP contribution in [0, 0.1) is 20.8 Å². The van der Waals surface area contributed by atoms with E-state index in [-0.39, 0.29) is 5.91 Å². The fraction of sp³-hybridized carbons (Fsp3) is 0.562. The van der Waals surface area contributed by atoms with Gasteiger partial charge < -0.3 is 10.2 Å². The maximum absolute atomic E-state index is 12.4. The van der Waals surface area contributed by atoms with E-state index >= 15 is 0 Å². The van der Waals surface area contributed by atoms with E-state index in [1.807, 2.05) is 4.90 Å². The fourth-order valence-corrected chi connectivity index (χ4v) is 2.91. The van der Waals surface area contributed by atoms with Gasteiger partial charge in [0.1, 0.15) is 0 Å². The molecule has 0 spiro atoms. The number of nitrogens with zero attached hydrogens (tertiary/aromatic N) is 1. The molecule has 0 saturated carbocycles. The Balaban J connectivity index is 2.10. The monoisotopic (exact) mass is 260 g/mol. The van der Waals surface area contributed by atoms with Crippen LogP contribution in [0.25, 0.3) is 0 Å². The summed E-state index contributed by atoms with van der Waals surface area (Å²) in [5, 5.41) is 3.37. The summed E-state index contributed by atoms with van der Waals surface area (Å²) in [6.45, 7) is 11.0. The lowest BCUT2D eigenvalue weighted by Crippen LogP contribution is -2.51. The van der Waals surface area contributed by atoms with Crippen molar-refractivity contribution in [1.29, 1.82) is 0 Å². The number of piperazine rings is 1. The molecule has 1 fully saturated rings. The van der Waals surface area contributed by atoms with Crippen LogP contribution in [0.2, 0.25) is 0 Å². The van der Waals surface area contributed by atoms with Crippen molar-refractivity contribution >= 4 is 5.91 Å². The predicted molar refractivity (Wildman–Crippen MR) is 78.4 cm³/mol. The molecule has 0 radical (unpaired) electrons. The third-order valence-corrected chi connectivity index (χ3v) is 3.89. The van der Waals surface area contributed by atoms with Crippen LogP contribution in [0.4, 0.5) is 0 Å². The first-order chi connectivity index (χ1) is 8.97. The summed E-state index contributed by atoms with van der Waals surface area (Å²) < 4.78 is 0. The molecule has 0 aliphatic carbocycles. The van der Waals surface area contributed by atoms with Gasteiger partial charge >= 0.3 is 0 Å². The van der Waals surface area contributed by atoms with Gasteiger partial charge in [-0.05, 0) is 44.4 Å². The SMILES string of the molecule is Cc1cc(C)c(CC(=O)N2CCNC(C)C2)c(C)c1. The first-order valence-corrected chi connectivity index (χ1v) is 7.05. The van der Waals surface area contributed by atoms with Crippen molar-refractivity contribution < 1.29 is 4.79 Å². The summed E-state index contributed by atoms with van der Waals surface area (Å²) in [4.78, 5) is 14.4. The van der Waals surface area contributed by atoms with Crippen LogP contribution in [0.3, 0.4) is 0 Å². The zero-order chi connectivity index (χ0) is 14.0. The molecular formula is C16H24N2O. The lowest BCUT2D eigenvalue weighted by molar-refractivity contribution is -0.131. The number of rotatable bonds is 2. The van der Waals surface area contributed by atoms with E-state index in [0.29, 0.717) is 12.5 Å². The lowest BCUT2D eigenvalue weighted by Gasteiger charge is -2.32. The van der Waals surface area contributed by atoms with Gasteiger partial charge in [-0.1, -0.05) is 17.7 Å². The van der Waals surface area contributed by atoms with Gasteiger partial charge in [-0.2, -0.15) is 0 Å². The molecule has 1 amide bonds. The maximum atomic E-state index is 12.4. The van der Waals surface area contributed by atoms with E-state index < -0.39 is 0 Å². The van der Waals surface area contributed by atoms with Crippen molar-refractivity contribution in [2.75, 3.05) is 19.6 Å². The fourth-order valence-electron chi connectivity index (χ4n) is 2.91. The first kappa shape index (κ1) is 14.1. The zero-order valence-electron chi connectivity index (χ0n) is 12.4. The Morgan fingerprint density at radius 1 is 1.32 bits per heavy atom. The highest BCUT2D eigenvalue weighted by molar-refractivity contribution is 5.79. The third-order valence-electron chi connectivity index (χ3n) is 3.89. The molecule has 3 heteroatoms. The average Bonchev–Trinajstić information content (AvgIpc) is 2.33. The molecule has 1 aromatic rings. The highest BCUT2D eigenvalue weighted by Gasteiger charge is 2.21. The minimum Gasteiger partial charge on any atom is -0.340 e. The molecule has 3 nitrogen and oxygen atoms in total. The molecular weight excluding hydrogens is 236 g/mol. The minimum atomic E-state index is 0.253. The molecule has 1 atom stereocenters. The van der Waals surface area contributed by atoms with Gasteiger partial charge in [0.25, 0.3) is 0 Å². The van der Waals surface area contributed by atoms with Gasteiger partial charge in [0, 0.05) is 25.7 Å². The van der Waals surface area contributed by atoms with Crippen molar-refractivity contribution in [3.8, 4) is 0 Å². The molecule has 1 unspecified atom stereocenters. The zero-order valence-corrected chi connectivity index (χ0v) is 12.4. The molecule has 19 heavy (non-hydrogen) atoms. The van der Waals surface area contributed by atoms with Crippen LogP contribution in [0.1, 0.15) is 29.2 Å². The summed E-state index contributed by atoms with van der Waals surface area (Å²) in [6, 6.07) is 4.73. The summed E-state index contributed by atoms with van der Waals surface area (Å²) in [5.41, 5.74) is 4.92. The van der Waals surface area contributed by atoms with Crippen molar-refractivity contribution in [2.24, 2.45) is 0 Å². The summed E-state index contributed by atoms with van der Waals surface area (Å²) in [5.74, 6) is 0.253. The van der Waals surface area contributed by atoms with E-state index in [0.717, 1.165) is 19.6 Å². The first-order valence-electron chi connectivity index (χ1n) is 7.05. The summed E-state index contributed by atoms with van der Waals surface area (Å²) in [7, 11) is 0. The maximum Gasteiger partial charge on any atom is 0.227 e. The number of nitrogens with one attached hydrogen (secondary N) is 1. The highest BCUT2D eigenvalue weighted by Crippen LogP contribution is 2.18. The molecule has 1 N–H and O–H groups in total. The van der Waals surface area contributed by atoms with Crippen LogP contribution >= 0.6 is 0 Å². The Morgan fingerprint density at radius 3 is 2.53 bits per heavy atom. The average molecular weight is 260 g/mol. The minimum absolute atomic E-state index is 0.253. The second-order valence-electron chi connectivity index (χ2n) is 5.75. The molecule has 1 saturated heterocycles. The number of benzene rings is 1. The van der Waals surface area contributed by atoms with Crippen molar-refractivity contribution in [1.82, 2.24) is 10.2 Å². The predicted octanol–water partition coefficient (Wildman–Crippen LogP) is 1.97. The van der Waals surface area contributed by atoms with E-state index in [2.05, 4.69) is 45.1 Å². The van der Waals surface area contributed by atoms with Gasteiger partial charge in [0.15, 0.2) is 0 Å². The topological polar surface area (TPSA) is 32.3 Å². The van der Waals surface area contributed by atoms with E-state index in [9.17, 15) is 4.79 Å². The molecule has 1 heterocycles. The highest BCUT2D eigenvalue weighted by atomic mass is 16.2. The van der Waals surface area contributed by atoms with Crippen LogP contribution in [0.15, 0.2) is 12.1 Å². The van der Waals surface area contributed by atoms with Crippen LogP contribution in [-0.2, 0) is 11.2 Å². The van der Waals surface area contributed by atoms with Crippen molar-refractivity contribution in [3.63, 3.8) is 0 Å². The van der Waals surface area contributed by atoms with E-state index in [4.69, 9.17) is 0 Å². The molecule has 2 rings (SSSR count). The number of hydrogen-bond donors (Lipinski definition) is 1. The Bertz CT molecular complexity index is 459. The Labute approximate surface area is 116 Å². The molecule has 1 aromatic carbocycles. The number of aryl methyl sites for hydroxylation is 3. The molecule has 104 valence electrons. The molecule has 0 aromatic heterocycles. The molecule has 1 aliphatic rings. The molecule has 1 aliphatic heterocycles. The van der Waals surface area contributed by atoms with E-state index in [1.165, 1.54) is 22.3 Å². The second kappa shape index (κ2) is 5.74. The number of hydrogen-bond acceptors (Lipinski definition) is 2. The normalized spacial score (nSPS) is 19.6. The standard InChI is InChI=1S/C16H24N2O/c1-11-7-12(2)15(13(3)8-11)9-16(19)18-6-5-17-14(4)10-18/h7-8,14,17H,5-6,9-10H2,1-4H3. The third kappa shape index (κ3) is 3.35. The quantitative estimate of drug-likeness (QED) is 0.882. The van der Waals surface area contributed by atoms with Crippen molar-refractivity contribution in [3.05, 3.63) is 34.4 Å². The second-order valence-corrected chi connectivity index (χ2v) is 5.75. The number of amides is 1. The van der Waals surface area contributed by atoms with E-state index in [1.54, 1.807) is 0 Å². The van der Waals surface area contributed by atoms with Crippen LogP contribution < -0.4 is 5.32 Å². The smallest absolute Gasteiger partial charge is 0.227 e. The van der Waals surface area contributed by atoms with Gasteiger partial charge in [0.05, 0.1) is 6.42 Å². The van der Waals surface area contributed by atoms with Crippen molar-refractivity contribution in [2.45, 2.75) is 40.2 Å². The molecule has 0 bridgehead atoms.